The van der Waals surface area contributed by atoms with E-state index in [1.165, 1.54) is 0 Å². The molecule has 32 atom stereocenters. The molecular formula is C98H172O24. The molecule has 708 valence electrons. The normalized spacial score (nSPS) is 39.2. The van der Waals surface area contributed by atoms with E-state index < -0.39 is 38.5 Å². The largest absolute Gasteiger partial charge is 0.458 e. The van der Waals surface area contributed by atoms with Gasteiger partial charge in [-0.2, -0.15) is 0 Å². The zero-order valence-electron chi connectivity index (χ0n) is 68.7. The van der Waals surface area contributed by atoms with Crippen molar-refractivity contribution in [2.75, 3.05) is 0 Å². The Morgan fingerprint density at radius 2 is 0.721 bits per heavy atom. The Hall–Kier alpha value is -6.36. The molecule has 18 rings (SSSR count). The second kappa shape index (κ2) is 40.3. The molecule has 0 aromatic carbocycles. The summed E-state index contributed by atoms with van der Waals surface area (Å²) in [5, 5.41) is 0. The van der Waals surface area contributed by atoms with Crippen LogP contribution < -0.4 is 0 Å². The van der Waals surface area contributed by atoms with Crippen LogP contribution in [0, 0.1) is 140 Å². The third kappa shape index (κ3) is 18.8. The predicted molar refractivity (Wildman–Crippen MR) is 471 cm³/mol. The summed E-state index contributed by atoms with van der Waals surface area (Å²) in [7, 11) is 0. The first kappa shape index (κ1) is 114. The van der Waals surface area contributed by atoms with Gasteiger partial charge >= 0.3 is 71.6 Å². The molecule has 18 aliphatic rings. The van der Waals surface area contributed by atoms with E-state index >= 15 is 0 Å². The van der Waals surface area contributed by atoms with Crippen LogP contribution in [-0.2, 0) is 114 Å². The van der Waals surface area contributed by atoms with Gasteiger partial charge in [-0.3, -0.25) is 57.5 Å². The van der Waals surface area contributed by atoms with E-state index in [1.807, 2.05) is 132 Å². The van der Waals surface area contributed by atoms with Gasteiger partial charge in [0.15, 0.2) is 0 Å². The van der Waals surface area contributed by atoms with Crippen molar-refractivity contribution in [1.82, 2.24) is 0 Å². The first-order chi connectivity index (χ1) is 51.4. The minimum Gasteiger partial charge on any atom is -0.458 e. The molecule has 24 nitrogen and oxygen atoms in total. The van der Waals surface area contributed by atoms with Gasteiger partial charge in [0.2, 0.25) is 0 Å². The molecule has 18 fully saturated rings. The molecule has 32 unspecified atom stereocenters. The van der Waals surface area contributed by atoms with Gasteiger partial charge < -0.3 is 56.8 Å². The monoisotopic (exact) mass is 1730 g/mol. The lowest BCUT2D eigenvalue weighted by atomic mass is 9.79. The van der Waals surface area contributed by atoms with Crippen LogP contribution in [0.15, 0.2) is 0 Å². The first-order valence-electron chi connectivity index (χ1n) is 41.9. The highest BCUT2D eigenvalue weighted by atomic mass is 16.6. The summed E-state index contributed by atoms with van der Waals surface area (Å²) < 4.78 is 67.0. The average molecular weight is 1730 g/mol. The second-order valence-electron chi connectivity index (χ2n) is 39.9. The maximum absolute atomic E-state index is 12.3. The lowest BCUT2D eigenvalue weighted by molar-refractivity contribution is -0.188. The van der Waals surface area contributed by atoms with E-state index in [1.54, 1.807) is 0 Å². The molecule has 0 spiro atoms. The third-order valence-corrected chi connectivity index (χ3v) is 31.9. The number of ether oxygens (including phenoxy) is 12. The minimum absolute atomic E-state index is 0. The van der Waals surface area contributed by atoms with Crippen LogP contribution in [0.2, 0.25) is 0 Å². The van der Waals surface area contributed by atoms with E-state index in [0.29, 0.717) is 29.6 Å². The molecule has 24 heteroatoms. The van der Waals surface area contributed by atoms with Gasteiger partial charge in [-0.25, -0.2) is 0 Å². The molecule has 0 aromatic heterocycles. The SMILES string of the molecule is C.C.C.C.C.C.C.C.C.C.C.C.CCC(C)(C)C(=O)OC1(C)C2CC3C(=O)OC1C3C2.CCC(C)(C)C(=O)OC1C2CC3C(=O)OC1(C)C3C2.CCC(C)(C)C(=O)OC1C2CC3C(=O)OC1C3C2.CCC(C)(C)C(=O)OC1C2OC(=O)C3CC1(C)CC32.CCC(C)C(=O)OC1(C)C2CC3C(=O)OC1C3C2.CCC(C)C(=O)OC1C2CC3C(=O)OC1C3C2. The van der Waals surface area contributed by atoms with Crippen molar-refractivity contribution in [3.8, 4) is 0 Å². The summed E-state index contributed by atoms with van der Waals surface area (Å²) in [6.07, 6.45) is 13.4. The summed E-state index contributed by atoms with van der Waals surface area (Å²) in [6.45, 7) is 38.7. The molecule has 6 heterocycles. The van der Waals surface area contributed by atoms with Crippen molar-refractivity contribution in [1.29, 1.82) is 0 Å². The minimum atomic E-state index is -0.614. The number of carbonyl (C=O) groups is 12. The Bertz CT molecular complexity index is 3680. The highest BCUT2D eigenvalue weighted by Gasteiger charge is 2.74. The third-order valence-electron chi connectivity index (χ3n) is 31.9. The van der Waals surface area contributed by atoms with Gasteiger partial charge in [-0.15, -0.1) is 0 Å². The number of rotatable bonds is 18. The molecule has 12 bridgehead atoms. The summed E-state index contributed by atoms with van der Waals surface area (Å²) in [6, 6.07) is 0. The van der Waals surface area contributed by atoms with Gasteiger partial charge in [0.25, 0.3) is 0 Å². The Morgan fingerprint density at radius 1 is 0.361 bits per heavy atom. The topological polar surface area (TPSA) is 316 Å². The van der Waals surface area contributed by atoms with Crippen molar-refractivity contribution in [3.05, 3.63) is 0 Å². The van der Waals surface area contributed by atoms with Crippen LogP contribution >= 0.6 is 0 Å². The van der Waals surface area contributed by atoms with Crippen LogP contribution in [0.3, 0.4) is 0 Å². The standard InChI is InChI=1S/3C15H22O4.2C14H20O4.C13H18O4.12CH4/c1-5-14(2,3)13(17)19-11-10-8-6-15(11,4)7-9(8)12(16)18-10;1-5-14(2,3)13(17)19-15(4)8-6-9-10(7-8)12(16)18-11(9)15;1-5-14(2,3)13(17)18-11-8-6-9-10(7-8)15(11,4)19-12(9)16;1-4-14(2,3)13(16)18-10-7-5-8-9(6-7)12(15)17-11(8)10;1-4-7(2)12(15)18-14(3)8-5-9-10(6-8)13(16)17-11(9)14;1-3-6(2)12(14)16-10-7-4-8-9(5-7)13(15)17-11(8)10;;;;;;;;;;;;/h3*8-11H,5-7H2,1-4H3;2*7-11H,4-6H2,1-3H3;6-11H,3-5H2,1-2H3;12*1H4. The van der Waals surface area contributed by atoms with Crippen LogP contribution in [0.1, 0.15) is 343 Å². The highest BCUT2D eigenvalue weighted by molar-refractivity contribution is 5.83. The van der Waals surface area contributed by atoms with Crippen molar-refractivity contribution in [2.24, 2.45) is 140 Å². The summed E-state index contributed by atoms with van der Waals surface area (Å²) in [4.78, 5) is 143. The van der Waals surface area contributed by atoms with E-state index in [9.17, 15) is 57.5 Å². The zero-order chi connectivity index (χ0) is 80.3. The van der Waals surface area contributed by atoms with Crippen LogP contribution in [0.4, 0.5) is 0 Å². The Balaban J connectivity index is 0.000000718. The predicted octanol–water partition coefficient (Wildman–Crippen LogP) is 19.9. The van der Waals surface area contributed by atoms with Gasteiger partial charge in [0.05, 0.1) is 69.0 Å². The Labute approximate surface area is 736 Å². The average Bonchev–Trinajstić information content (AvgIpc) is 1.55. The molecule has 6 aliphatic heterocycles. The molecule has 12 saturated carbocycles. The quantitative estimate of drug-likeness (QED) is 0.0909. The molecule has 0 aromatic rings. The molecule has 122 heavy (non-hydrogen) atoms. The maximum atomic E-state index is 12.3. The number of hydrogen-bond donors (Lipinski definition) is 0. The fraction of sp³-hybridized carbons (Fsp3) is 0.878. The molecular weight excluding hydrogens is 1560 g/mol. The number of esters is 12. The lowest BCUT2D eigenvalue weighted by Gasteiger charge is -2.38. The highest BCUT2D eigenvalue weighted by Crippen LogP contribution is 2.66. The summed E-state index contributed by atoms with van der Waals surface area (Å²) in [5.74, 6) is 1.88. The number of carbonyl (C=O) groups excluding carboxylic acids is 12. The first-order valence-corrected chi connectivity index (χ1v) is 41.9. The fourth-order valence-corrected chi connectivity index (χ4v) is 22.5. The number of hydrogen-bond acceptors (Lipinski definition) is 24. The van der Waals surface area contributed by atoms with Gasteiger partial charge in [-0.1, -0.05) is 151 Å². The van der Waals surface area contributed by atoms with Crippen LogP contribution in [-0.4, -0.2) is 143 Å². The van der Waals surface area contributed by atoms with Crippen molar-refractivity contribution in [2.45, 2.75) is 415 Å². The number of fused-ring (bicyclic) bond motifs is 6. The van der Waals surface area contributed by atoms with Crippen molar-refractivity contribution in [3.63, 3.8) is 0 Å². The van der Waals surface area contributed by atoms with E-state index in [2.05, 4.69) is 6.92 Å². The van der Waals surface area contributed by atoms with Gasteiger partial charge in [0.1, 0.15) is 71.7 Å². The smallest absolute Gasteiger partial charge is 0.312 e. The summed E-state index contributed by atoms with van der Waals surface area (Å²) in [5.41, 5.74) is -3.74. The Kier molecular flexibility index (Phi) is 37.6. The van der Waals surface area contributed by atoms with Crippen molar-refractivity contribution >= 4 is 71.6 Å². The van der Waals surface area contributed by atoms with Crippen LogP contribution in [0.25, 0.3) is 0 Å². The zero-order valence-corrected chi connectivity index (χ0v) is 68.7. The molecule has 0 radical (unpaired) electrons. The molecule has 0 amide bonds. The van der Waals surface area contributed by atoms with Crippen LogP contribution in [0.5, 0.6) is 0 Å². The van der Waals surface area contributed by atoms with E-state index in [4.69, 9.17) is 56.8 Å². The maximum Gasteiger partial charge on any atom is 0.312 e. The Morgan fingerprint density at radius 3 is 1.16 bits per heavy atom. The molecule has 6 saturated heterocycles. The molecule has 12 aliphatic carbocycles. The van der Waals surface area contributed by atoms with E-state index in [0.717, 1.165) is 116 Å². The van der Waals surface area contributed by atoms with Crippen molar-refractivity contribution < 1.29 is 114 Å². The second-order valence-corrected chi connectivity index (χ2v) is 39.9. The molecule has 0 N–H and O–H groups in total. The fourth-order valence-electron chi connectivity index (χ4n) is 22.5. The van der Waals surface area contributed by atoms with Gasteiger partial charge in [-0.05, 0) is 192 Å². The summed E-state index contributed by atoms with van der Waals surface area (Å²) >= 11 is 0. The van der Waals surface area contributed by atoms with E-state index in [-0.39, 0.29) is 304 Å². The van der Waals surface area contributed by atoms with Gasteiger partial charge in [0, 0.05) is 70.5 Å². The lowest BCUT2D eigenvalue weighted by Crippen LogP contribution is -2.49.